The van der Waals surface area contributed by atoms with Crippen molar-refractivity contribution in [2.75, 3.05) is 13.2 Å². The van der Waals surface area contributed by atoms with E-state index >= 15 is 0 Å². The van der Waals surface area contributed by atoms with Crippen LogP contribution in [0.4, 0.5) is 0 Å². The Morgan fingerprint density at radius 3 is 2.71 bits per heavy atom. The fourth-order valence-corrected chi connectivity index (χ4v) is 3.31. The van der Waals surface area contributed by atoms with E-state index in [1.54, 1.807) is 11.3 Å². The lowest BCUT2D eigenvalue weighted by atomic mass is 10.0. The van der Waals surface area contributed by atoms with Gasteiger partial charge in [-0.3, -0.25) is 0 Å². The van der Waals surface area contributed by atoms with Gasteiger partial charge in [0.25, 0.3) is 0 Å². The molecule has 0 bridgehead atoms. The smallest absolute Gasteiger partial charge is 0.122 e. The van der Waals surface area contributed by atoms with Gasteiger partial charge in [0.1, 0.15) is 12.4 Å². The average molecular weight is 368 g/mol. The van der Waals surface area contributed by atoms with Crippen molar-refractivity contribution in [1.29, 1.82) is 0 Å². The number of benzene rings is 1. The van der Waals surface area contributed by atoms with E-state index in [-0.39, 0.29) is 0 Å². The number of hydrogen-bond donors (Lipinski definition) is 1. The third-order valence-corrected chi connectivity index (χ3v) is 4.92. The number of thiophene rings is 1. The molecule has 0 amide bonds. The van der Waals surface area contributed by atoms with E-state index < -0.39 is 0 Å². The highest BCUT2D eigenvalue weighted by atomic mass is 79.9. The first kappa shape index (κ1) is 16.5. The molecule has 2 nitrogen and oxygen atoms in total. The molecular formula is C17H22BrNOS. The van der Waals surface area contributed by atoms with Crippen molar-refractivity contribution in [3.05, 3.63) is 50.6 Å². The fourth-order valence-electron chi connectivity index (χ4n) is 2.18. The Morgan fingerprint density at radius 2 is 2.05 bits per heavy atom. The van der Waals surface area contributed by atoms with Crippen LogP contribution in [0.15, 0.2) is 40.2 Å². The Bertz CT molecular complexity index is 554. The molecule has 1 aromatic carbocycles. The first-order valence-electron chi connectivity index (χ1n) is 7.27. The van der Waals surface area contributed by atoms with Gasteiger partial charge in [0.15, 0.2) is 0 Å². The minimum atomic E-state index is 0.378. The summed E-state index contributed by atoms with van der Waals surface area (Å²) in [4.78, 5) is 1.36. The number of ether oxygens (including phenoxy) is 1. The minimum absolute atomic E-state index is 0.378. The van der Waals surface area contributed by atoms with Crippen LogP contribution in [0, 0.1) is 0 Å². The lowest BCUT2D eigenvalue weighted by Crippen LogP contribution is -2.24. The van der Waals surface area contributed by atoms with Gasteiger partial charge in [-0.25, -0.2) is 0 Å². The summed E-state index contributed by atoms with van der Waals surface area (Å²) in [6, 6.07) is 10.8. The van der Waals surface area contributed by atoms with E-state index in [0.717, 1.165) is 16.8 Å². The van der Waals surface area contributed by atoms with Crippen molar-refractivity contribution in [2.45, 2.75) is 32.7 Å². The second kappa shape index (κ2) is 7.97. The van der Waals surface area contributed by atoms with Gasteiger partial charge in [-0.1, -0.05) is 35.8 Å². The second-order valence-electron chi connectivity index (χ2n) is 5.38. The van der Waals surface area contributed by atoms with E-state index in [9.17, 15) is 0 Å². The van der Waals surface area contributed by atoms with Crippen molar-refractivity contribution >= 4 is 27.3 Å². The summed E-state index contributed by atoms with van der Waals surface area (Å²) in [5.41, 5.74) is 1.25. The molecule has 1 heterocycles. The average Bonchev–Trinajstić information content (AvgIpc) is 2.98. The molecule has 2 rings (SSSR count). The van der Waals surface area contributed by atoms with Crippen molar-refractivity contribution in [3.63, 3.8) is 0 Å². The molecule has 0 aliphatic carbocycles. The molecule has 2 aromatic rings. The Kier molecular flexibility index (Phi) is 6.27. The van der Waals surface area contributed by atoms with Crippen LogP contribution < -0.4 is 10.1 Å². The van der Waals surface area contributed by atoms with E-state index in [2.05, 4.69) is 65.6 Å². The van der Waals surface area contributed by atoms with Crippen molar-refractivity contribution in [2.24, 2.45) is 0 Å². The fraction of sp³-hybridized carbons (Fsp3) is 0.412. The maximum atomic E-state index is 5.94. The van der Waals surface area contributed by atoms with Gasteiger partial charge in [0.05, 0.1) is 0 Å². The van der Waals surface area contributed by atoms with Crippen LogP contribution in [-0.2, 0) is 0 Å². The van der Waals surface area contributed by atoms with E-state index in [1.807, 2.05) is 12.1 Å². The van der Waals surface area contributed by atoms with Crippen LogP contribution in [0.2, 0.25) is 0 Å². The largest absolute Gasteiger partial charge is 0.492 e. The van der Waals surface area contributed by atoms with Crippen LogP contribution >= 0.6 is 27.3 Å². The molecule has 114 valence electrons. The zero-order valence-corrected chi connectivity index (χ0v) is 15.1. The Balaban J connectivity index is 1.83. The van der Waals surface area contributed by atoms with Gasteiger partial charge >= 0.3 is 0 Å². The number of halogens is 1. The molecule has 21 heavy (non-hydrogen) atoms. The third-order valence-electron chi connectivity index (χ3n) is 3.37. The molecule has 0 aliphatic heterocycles. The summed E-state index contributed by atoms with van der Waals surface area (Å²) in [6.45, 7) is 8.08. The van der Waals surface area contributed by atoms with E-state index in [0.29, 0.717) is 18.6 Å². The summed E-state index contributed by atoms with van der Waals surface area (Å²) in [5.74, 6) is 1.44. The lowest BCUT2D eigenvalue weighted by molar-refractivity contribution is 0.304. The third kappa shape index (κ3) is 4.83. The minimum Gasteiger partial charge on any atom is -0.492 e. The number of nitrogens with one attached hydrogen (secondary N) is 1. The molecule has 1 unspecified atom stereocenters. The molecule has 1 N–H and O–H groups in total. The second-order valence-corrected chi connectivity index (χ2v) is 7.27. The SMILES string of the molecule is CC(C)c1cc(Br)ccc1OCCNC(C)c1cccs1. The number of rotatable bonds is 7. The topological polar surface area (TPSA) is 21.3 Å². The summed E-state index contributed by atoms with van der Waals surface area (Å²) in [7, 11) is 0. The highest BCUT2D eigenvalue weighted by Crippen LogP contribution is 2.29. The predicted octanol–water partition coefficient (Wildman–Crippen LogP) is 5.36. The standard InChI is InChI=1S/C17H22BrNOS/c1-12(2)15-11-14(18)6-7-16(15)20-9-8-19-13(3)17-5-4-10-21-17/h4-7,10-13,19H,8-9H2,1-3H3. The van der Waals surface area contributed by atoms with Crippen LogP contribution in [-0.4, -0.2) is 13.2 Å². The molecule has 0 saturated heterocycles. The summed E-state index contributed by atoms with van der Waals surface area (Å²) in [5, 5.41) is 5.60. The molecule has 0 spiro atoms. The Hall–Kier alpha value is -0.840. The monoisotopic (exact) mass is 367 g/mol. The molecular weight excluding hydrogens is 346 g/mol. The normalized spacial score (nSPS) is 12.6. The van der Waals surface area contributed by atoms with Gasteiger partial charge in [-0.05, 0) is 48.1 Å². The molecule has 0 fully saturated rings. The van der Waals surface area contributed by atoms with Crippen molar-refractivity contribution in [3.8, 4) is 5.75 Å². The van der Waals surface area contributed by atoms with Gasteiger partial charge in [-0.2, -0.15) is 0 Å². The number of hydrogen-bond acceptors (Lipinski definition) is 3. The first-order valence-corrected chi connectivity index (χ1v) is 8.94. The lowest BCUT2D eigenvalue weighted by Gasteiger charge is -2.16. The van der Waals surface area contributed by atoms with Crippen LogP contribution in [0.3, 0.4) is 0 Å². The van der Waals surface area contributed by atoms with E-state index in [4.69, 9.17) is 4.74 Å². The molecule has 1 atom stereocenters. The van der Waals surface area contributed by atoms with Crippen LogP contribution in [0.1, 0.15) is 43.2 Å². The highest BCUT2D eigenvalue weighted by molar-refractivity contribution is 9.10. The maximum absolute atomic E-state index is 5.94. The van der Waals surface area contributed by atoms with Gasteiger partial charge in [0.2, 0.25) is 0 Å². The summed E-state index contributed by atoms with van der Waals surface area (Å²) >= 11 is 5.31. The van der Waals surface area contributed by atoms with E-state index in [1.165, 1.54) is 10.4 Å². The van der Waals surface area contributed by atoms with Gasteiger partial charge in [-0.15, -0.1) is 11.3 Å². The zero-order chi connectivity index (χ0) is 15.2. The van der Waals surface area contributed by atoms with Gasteiger partial charge < -0.3 is 10.1 Å². The quantitative estimate of drug-likeness (QED) is 0.664. The zero-order valence-electron chi connectivity index (χ0n) is 12.7. The molecule has 4 heteroatoms. The molecule has 1 aromatic heterocycles. The molecule has 0 saturated carbocycles. The highest BCUT2D eigenvalue weighted by Gasteiger charge is 2.09. The predicted molar refractivity (Wildman–Crippen MR) is 94.5 cm³/mol. The first-order chi connectivity index (χ1) is 10.1. The Morgan fingerprint density at radius 1 is 1.24 bits per heavy atom. The maximum Gasteiger partial charge on any atom is 0.122 e. The van der Waals surface area contributed by atoms with Gasteiger partial charge in [0, 0.05) is 21.9 Å². The van der Waals surface area contributed by atoms with Crippen molar-refractivity contribution < 1.29 is 4.74 Å². The summed E-state index contributed by atoms with van der Waals surface area (Å²) < 4.78 is 7.04. The van der Waals surface area contributed by atoms with Crippen LogP contribution in [0.5, 0.6) is 5.75 Å². The molecule has 0 aliphatic rings. The Labute approximate surface area is 139 Å². The molecule has 0 radical (unpaired) electrons. The van der Waals surface area contributed by atoms with Crippen LogP contribution in [0.25, 0.3) is 0 Å². The van der Waals surface area contributed by atoms with Crippen molar-refractivity contribution in [1.82, 2.24) is 5.32 Å². The summed E-state index contributed by atoms with van der Waals surface area (Å²) in [6.07, 6.45) is 0.